The van der Waals surface area contributed by atoms with Gasteiger partial charge in [-0.3, -0.25) is 0 Å². The third-order valence-electron chi connectivity index (χ3n) is 3.05. The largest absolute Gasteiger partial charge is 0.324 e. The van der Waals surface area contributed by atoms with Crippen LogP contribution in [0.5, 0.6) is 0 Å². The Balaban J connectivity index is 2.08. The smallest absolute Gasteiger partial charge is 0.323 e. The van der Waals surface area contributed by atoms with Crippen molar-refractivity contribution >= 4 is 11.0 Å². The average Bonchev–Trinajstić information content (AvgIpc) is 2.98. The van der Waals surface area contributed by atoms with Crippen LogP contribution in [0.2, 0.25) is 0 Å². The Hall–Kier alpha value is -1.55. The van der Waals surface area contributed by atoms with Gasteiger partial charge in [-0.15, -0.1) is 0 Å². The van der Waals surface area contributed by atoms with Crippen LogP contribution in [0.25, 0.3) is 11.0 Å². The minimum atomic E-state index is -0.165. The highest BCUT2D eigenvalue weighted by molar-refractivity contribution is 5.75. The van der Waals surface area contributed by atoms with Crippen molar-refractivity contribution in [2.75, 3.05) is 0 Å². The molecule has 0 aliphatic heterocycles. The van der Waals surface area contributed by atoms with E-state index in [0.717, 1.165) is 16.6 Å². The second-order valence-electron chi connectivity index (χ2n) is 4.25. The second-order valence-corrected chi connectivity index (χ2v) is 4.25. The van der Waals surface area contributed by atoms with Gasteiger partial charge in [0.15, 0.2) is 0 Å². The molecule has 3 rings (SSSR count). The SMILES string of the molecule is NC(c1ccc2[nH]c(=O)[nH]c2c1)C1CC1. The van der Waals surface area contributed by atoms with Crippen molar-refractivity contribution in [2.45, 2.75) is 18.9 Å². The summed E-state index contributed by atoms with van der Waals surface area (Å²) in [6.45, 7) is 0. The monoisotopic (exact) mass is 203 g/mol. The molecule has 1 heterocycles. The Labute approximate surface area is 86.5 Å². The van der Waals surface area contributed by atoms with Gasteiger partial charge in [0.05, 0.1) is 11.0 Å². The van der Waals surface area contributed by atoms with E-state index in [1.54, 1.807) is 0 Å². The van der Waals surface area contributed by atoms with Gasteiger partial charge in [0, 0.05) is 6.04 Å². The van der Waals surface area contributed by atoms with Crippen molar-refractivity contribution in [3.8, 4) is 0 Å². The van der Waals surface area contributed by atoms with Crippen LogP contribution in [-0.4, -0.2) is 9.97 Å². The molecule has 1 aliphatic carbocycles. The summed E-state index contributed by atoms with van der Waals surface area (Å²) in [5.74, 6) is 0.633. The van der Waals surface area contributed by atoms with Gasteiger partial charge in [-0.2, -0.15) is 0 Å². The minimum absolute atomic E-state index is 0.118. The molecule has 2 aromatic rings. The number of fused-ring (bicyclic) bond motifs is 1. The number of imidazole rings is 1. The molecular formula is C11H13N3O. The lowest BCUT2D eigenvalue weighted by atomic mass is 10.0. The molecule has 4 nitrogen and oxygen atoms in total. The number of nitrogens with one attached hydrogen (secondary N) is 2. The van der Waals surface area contributed by atoms with Gasteiger partial charge in [-0.25, -0.2) is 4.79 Å². The number of nitrogens with two attached hydrogens (primary N) is 1. The highest BCUT2D eigenvalue weighted by atomic mass is 16.1. The van der Waals surface area contributed by atoms with Gasteiger partial charge in [0.1, 0.15) is 0 Å². The molecule has 1 saturated carbocycles. The summed E-state index contributed by atoms with van der Waals surface area (Å²) in [7, 11) is 0. The zero-order valence-corrected chi connectivity index (χ0v) is 8.29. The maximum absolute atomic E-state index is 11.1. The number of aromatic amines is 2. The van der Waals surface area contributed by atoms with Crippen LogP contribution < -0.4 is 11.4 Å². The van der Waals surface area contributed by atoms with E-state index in [2.05, 4.69) is 9.97 Å². The van der Waals surface area contributed by atoms with Crippen molar-refractivity contribution in [1.29, 1.82) is 0 Å². The first-order valence-corrected chi connectivity index (χ1v) is 5.21. The van der Waals surface area contributed by atoms with Crippen molar-refractivity contribution in [1.82, 2.24) is 9.97 Å². The van der Waals surface area contributed by atoms with Gasteiger partial charge >= 0.3 is 5.69 Å². The third-order valence-corrected chi connectivity index (χ3v) is 3.05. The number of H-pyrrole nitrogens is 2. The molecular weight excluding hydrogens is 190 g/mol. The van der Waals surface area contributed by atoms with E-state index in [9.17, 15) is 4.79 Å². The van der Waals surface area contributed by atoms with Crippen LogP contribution in [0.3, 0.4) is 0 Å². The molecule has 1 aliphatic rings. The van der Waals surface area contributed by atoms with E-state index in [0.29, 0.717) is 5.92 Å². The first-order valence-electron chi connectivity index (χ1n) is 5.21. The number of hydrogen-bond acceptors (Lipinski definition) is 2. The molecule has 4 N–H and O–H groups in total. The molecule has 1 atom stereocenters. The Morgan fingerprint density at radius 1 is 1.27 bits per heavy atom. The lowest BCUT2D eigenvalue weighted by molar-refractivity contribution is 0.634. The molecule has 0 saturated heterocycles. The molecule has 0 amide bonds. The van der Waals surface area contributed by atoms with Crippen molar-refractivity contribution < 1.29 is 0 Å². The summed E-state index contributed by atoms with van der Waals surface area (Å²) >= 11 is 0. The molecule has 1 aromatic heterocycles. The van der Waals surface area contributed by atoms with Crippen LogP contribution in [0, 0.1) is 5.92 Å². The zero-order chi connectivity index (χ0) is 10.4. The lowest BCUT2D eigenvalue weighted by Crippen LogP contribution is -2.11. The number of aromatic nitrogens is 2. The topological polar surface area (TPSA) is 74.7 Å². The van der Waals surface area contributed by atoms with E-state index in [1.165, 1.54) is 12.8 Å². The summed E-state index contributed by atoms with van der Waals surface area (Å²) in [4.78, 5) is 16.5. The fourth-order valence-electron chi connectivity index (χ4n) is 1.99. The molecule has 15 heavy (non-hydrogen) atoms. The highest BCUT2D eigenvalue weighted by Gasteiger charge is 2.29. The predicted octanol–water partition coefficient (Wildman–Crippen LogP) is 1.27. The Kier molecular flexibility index (Phi) is 1.73. The van der Waals surface area contributed by atoms with Crippen molar-refractivity contribution in [3.63, 3.8) is 0 Å². The predicted molar refractivity (Wildman–Crippen MR) is 58.6 cm³/mol. The first kappa shape index (κ1) is 8.73. The lowest BCUT2D eigenvalue weighted by Gasteiger charge is -2.09. The molecule has 1 unspecified atom stereocenters. The summed E-state index contributed by atoms with van der Waals surface area (Å²) in [5, 5.41) is 0. The van der Waals surface area contributed by atoms with Gasteiger partial charge in [0.2, 0.25) is 0 Å². The third kappa shape index (κ3) is 1.47. The Morgan fingerprint density at radius 2 is 2.00 bits per heavy atom. The highest BCUT2D eigenvalue weighted by Crippen LogP contribution is 2.39. The summed E-state index contributed by atoms with van der Waals surface area (Å²) < 4.78 is 0. The van der Waals surface area contributed by atoms with Crippen LogP contribution in [0.4, 0.5) is 0 Å². The van der Waals surface area contributed by atoms with Gasteiger partial charge in [-0.1, -0.05) is 6.07 Å². The molecule has 1 aromatic carbocycles. The Bertz CT molecular complexity index is 550. The average molecular weight is 203 g/mol. The van der Waals surface area contributed by atoms with E-state index in [4.69, 9.17) is 5.73 Å². The molecule has 0 radical (unpaired) electrons. The van der Waals surface area contributed by atoms with E-state index in [1.807, 2.05) is 18.2 Å². The van der Waals surface area contributed by atoms with Crippen molar-refractivity contribution in [2.24, 2.45) is 11.7 Å². The molecule has 78 valence electrons. The fourth-order valence-corrected chi connectivity index (χ4v) is 1.99. The van der Waals surface area contributed by atoms with E-state index < -0.39 is 0 Å². The maximum Gasteiger partial charge on any atom is 0.323 e. The van der Waals surface area contributed by atoms with E-state index >= 15 is 0 Å². The van der Waals surface area contributed by atoms with Gasteiger partial charge < -0.3 is 15.7 Å². The van der Waals surface area contributed by atoms with Crippen LogP contribution >= 0.6 is 0 Å². The van der Waals surface area contributed by atoms with Crippen LogP contribution in [0.1, 0.15) is 24.4 Å². The zero-order valence-electron chi connectivity index (χ0n) is 8.29. The van der Waals surface area contributed by atoms with Crippen molar-refractivity contribution in [3.05, 3.63) is 34.2 Å². The normalized spacial score (nSPS) is 18.2. The number of hydrogen-bond donors (Lipinski definition) is 3. The van der Waals surface area contributed by atoms with E-state index in [-0.39, 0.29) is 11.7 Å². The van der Waals surface area contributed by atoms with Crippen LogP contribution in [-0.2, 0) is 0 Å². The number of rotatable bonds is 2. The molecule has 0 spiro atoms. The van der Waals surface area contributed by atoms with Gasteiger partial charge in [0.25, 0.3) is 0 Å². The fraction of sp³-hybridized carbons (Fsp3) is 0.364. The molecule has 4 heteroatoms. The minimum Gasteiger partial charge on any atom is -0.324 e. The summed E-state index contributed by atoms with van der Waals surface area (Å²) in [5.41, 5.74) is 8.72. The molecule has 0 bridgehead atoms. The summed E-state index contributed by atoms with van der Waals surface area (Å²) in [6.07, 6.45) is 2.45. The second kappa shape index (κ2) is 2.97. The Morgan fingerprint density at radius 3 is 2.73 bits per heavy atom. The van der Waals surface area contributed by atoms with Gasteiger partial charge in [-0.05, 0) is 36.5 Å². The number of benzene rings is 1. The standard InChI is InChI=1S/C11H13N3O/c12-10(6-1-2-6)7-3-4-8-9(5-7)14-11(15)13-8/h3-6,10H,1-2,12H2,(H2,13,14,15). The van der Waals surface area contributed by atoms with Crippen LogP contribution in [0.15, 0.2) is 23.0 Å². The maximum atomic E-state index is 11.1. The summed E-state index contributed by atoms with van der Waals surface area (Å²) in [6, 6.07) is 5.99. The first-order chi connectivity index (χ1) is 7.24. The molecule has 1 fully saturated rings. The quantitative estimate of drug-likeness (QED) is 0.687.